The van der Waals surface area contributed by atoms with Gasteiger partial charge in [-0.2, -0.15) is 9.99 Å². The van der Waals surface area contributed by atoms with Crippen molar-refractivity contribution >= 4 is 27.9 Å². The summed E-state index contributed by atoms with van der Waals surface area (Å²) < 4.78 is 23.6. The summed E-state index contributed by atoms with van der Waals surface area (Å²) in [6.07, 6.45) is 0. The van der Waals surface area contributed by atoms with E-state index in [0.717, 1.165) is 4.73 Å². The summed E-state index contributed by atoms with van der Waals surface area (Å²) in [6, 6.07) is 3.69. The molecule has 0 aliphatic carbocycles. The molecule has 0 unspecified atom stereocenters. The monoisotopic (exact) mass is 317 g/mol. The number of hydrogen-bond acceptors (Lipinski definition) is 5. The van der Waals surface area contributed by atoms with Crippen molar-refractivity contribution in [1.82, 2.24) is 0 Å². The van der Waals surface area contributed by atoms with Gasteiger partial charge in [-0.1, -0.05) is 0 Å². The van der Waals surface area contributed by atoms with Gasteiger partial charge in [0.1, 0.15) is 11.6 Å². The van der Waals surface area contributed by atoms with E-state index < -0.39 is 9.84 Å². The quantitative estimate of drug-likeness (QED) is 0.555. The molecule has 2 heterocycles. The lowest BCUT2D eigenvalue weighted by Crippen LogP contribution is -2.42. The van der Waals surface area contributed by atoms with Crippen LogP contribution in [0.15, 0.2) is 6.07 Å². The summed E-state index contributed by atoms with van der Waals surface area (Å²) in [4.78, 5) is 1.86. The van der Waals surface area contributed by atoms with Crippen molar-refractivity contribution in [2.75, 3.05) is 29.5 Å². The molecule has 20 heavy (non-hydrogen) atoms. The molecular weight excluding hydrogens is 302 g/mol. The number of sulfone groups is 1. The van der Waals surface area contributed by atoms with E-state index in [2.05, 4.69) is 0 Å². The molecule has 1 aliphatic heterocycles. The maximum absolute atomic E-state index is 11.7. The smallest absolute Gasteiger partial charge is 0.209 e. The number of pyridine rings is 1. The second-order valence-electron chi connectivity index (χ2n) is 4.68. The van der Waals surface area contributed by atoms with Crippen LogP contribution >= 0.6 is 12.4 Å². The summed E-state index contributed by atoms with van der Waals surface area (Å²) in [5.41, 5.74) is 1.82. The SMILES string of the molecule is Cc1cc(N2CCS(=O)(=O)CC2)c(C#N)c(C)[n+]1[O-].Cl. The highest BCUT2D eigenvalue weighted by atomic mass is 35.5. The highest BCUT2D eigenvalue weighted by molar-refractivity contribution is 7.91. The van der Waals surface area contributed by atoms with E-state index >= 15 is 0 Å². The number of nitriles is 1. The van der Waals surface area contributed by atoms with Crippen LogP contribution in [0.2, 0.25) is 0 Å². The van der Waals surface area contributed by atoms with Gasteiger partial charge in [-0.3, -0.25) is 0 Å². The Morgan fingerprint density at radius 2 is 1.90 bits per heavy atom. The molecule has 0 N–H and O–H groups in total. The van der Waals surface area contributed by atoms with Crippen LogP contribution < -0.4 is 9.63 Å². The number of aromatic nitrogens is 1. The second kappa shape index (κ2) is 5.85. The van der Waals surface area contributed by atoms with Gasteiger partial charge >= 0.3 is 0 Å². The van der Waals surface area contributed by atoms with Crippen molar-refractivity contribution < 1.29 is 13.1 Å². The Kier molecular flexibility index (Phi) is 4.84. The molecule has 1 aliphatic rings. The molecule has 1 fully saturated rings. The molecule has 1 aromatic heterocycles. The fraction of sp³-hybridized carbons (Fsp3) is 0.500. The van der Waals surface area contributed by atoms with Crippen LogP contribution in [-0.4, -0.2) is 33.0 Å². The molecule has 0 radical (unpaired) electrons. The Balaban J connectivity index is 0.00000200. The highest BCUT2D eigenvalue weighted by Crippen LogP contribution is 2.24. The number of rotatable bonds is 1. The first-order chi connectivity index (χ1) is 8.85. The number of anilines is 1. The maximum atomic E-state index is 11.7. The lowest BCUT2D eigenvalue weighted by atomic mass is 10.1. The van der Waals surface area contributed by atoms with Gasteiger partial charge in [-0.25, -0.2) is 8.42 Å². The third-order valence-electron chi connectivity index (χ3n) is 3.39. The van der Waals surface area contributed by atoms with Gasteiger partial charge in [-0.15, -0.1) is 12.4 Å². The van der Waals surface area contributed by atoms with Gasteiger partial charge in [0.25, 0.3) is 0 Å². The minimum atomic E-state index is -2.96. The molecule has 0 amide bonds. The molecule has 2 rings (SSSR count). The van der Waals surface area contributed by atoms with E-state index in [-0.39, 0.29) is 23.9 Å². The van der Waals surface area contributed by atoms with E-state index in [4.69, 9.17) is 0 Å². The largest absolute Gasteiger partial charge is 0.618 e. The number of halogens is 1. The van der Waals surface area contributed by atoms with Gasteiger partial charge in [0.05, 0.1) is 17.2 Å². The first-order valence-electron chi connectivity index (χ1n) is 5.95. The second-order valence-corrected chi connectivity index (χ2v) is 6.98. The molecule has 8 heteroatoms. The molecule has 0 spiro atoms. The fourth-order valence-corrected chi connectivity index (χ4v) is 3.42. The zero-order valence-corrected chi connectivity index (χ0v) is 12.9. The maximum Gasteiger partial charge on any atom is 0.209 e. The van der Waals surface area contributed by atoms with Crippen molar-refractivity contribution in [3.63, 3.8) is 0 Å². The lowest BCUT2D eigenvalue weighted by Gasteiger charge is -2.29. The molecule has 110 valence electrons. The summed E-state index contributed by atoms with van der Waals surface area (Å²) >= 11 is 0. The van der Waals surface area contributed by atoms with Crippen LogP contribution in [0.5, 0.6) is 0 Å². The predicted molar refractivity (Wildman–Crippen MR) is 77.7 cm³/mol. The highest BCUT2D eigenvalue weighted by Gasteiger charge is 2.26. The van der Waals surface area contributed by atoms with Crippen molar-refractivity contribution in [3.05, 3.63) is 28.2 Å². The zero-order valence-electron chi connectivity index (χ0n) is 11.3. The standard InChI is InChI=1S/C12H15N3O3S.ClH/c1-9-7-12(11(8-13)10(2)15(9)16)14-3-5-19(17,18)6-4-14;/h7H,3-6H2,1-2H3;1H. The molecule has 0 bridgehead atoms. The summed E-state index contributed by atoms with van der Waals surface area (Å²) in [5.74, 6) is 0.171. The number of hydrogen-bond donors (Lipinski definition) is 0. The van der Waals surface area contributed by atoms with Gasteiger partial charge in [0.2, 0.25) is 5.69 Å². The van der Waals surface area contributed by atoms with Gasteiger partial charge in [0, 0.05) is 33.0 Å². The average Bonchev–Trinajstić information content (AvgIpc) is 2.36. The van der Waals surface area contributed by atoms with Crippen molar-refractivity contribution in [3.8, 4) is 6.07 Å². The van der Waals surface area contributed by atoms with Crippen LogP contribution in [0, 0.1) is 30.4 Å². The molecule has 0 saturated carbocycles. The van der Waals surface area contributed by atoms with E-state index in [1.807, 2.05) is 11.0 Å². The Morgan fingerprint density at radius 3 is 2.40 bits per heavy atom. The summed E-state index contributed by atoms with van der Waals surface area (Å²) in [7, 11) is -2.96. The minimum absolute atomic E-state index is 0. The third kappa shape index (κ3) is 2.97. The molecule has 1 saturated heterocycles. The van der Waals surface area contributed by atoms with E-state index in [1.54, 1.807) is 19.9 Å². The molecule has 0 aromatic carbocycles. The summed E-state index contributed by atoms with van der Waals surface area (Å²) in [6.45, 7) is 3.99. The Bertz CT molecular complexity index is 654. The zero-order chi connectivity index (χ0) is 14.2. The lowest BCUT2D eigenvalue weighted by molar-refractivity contribution is -0.619. The minimum Gasteiger partial charge on any atom is -0.618 e. The first kappa shape index (κ1) is 16.5. The predicted octanol–water partition coefficient (Wildman–Crippen LogP) is 0.465. The van der Waals surface area contributed by atoms with E-state index in [9.17, 15) is 18.9 Å². The van der Waals surface area contributed by atoms with Crippen molar-refractivity contribution in [2.24, 2.45) is 0 Å². The van der Waals surface area contributed by atoms with Crippen molar-refractivity contribution in [2.45, 2.75) is 13.8 Å². The van der Waals surface area contributed by atoms with Gasteiger partial charge < -0.3 is 10.1 Å². The normalized spacial score (nSPS) is 17.1. The van der Waals surface area contributed by atoms with Crippen LogP contribution in [0.3, 0.4) is 0 Å². The van der Waals surface area contributed by atoms with E-state index in [0.29, 0.717) is 35.7 Å². The Hall–Kier alpha value is -1.52. The molecule has 1 aromatic rings. The average molecular weight is 318 g/mol. The van der Waals surface area contributed by atoms with Crippen molar-refractivity contribution in [1.29, 1.82) is 5.26 Å². The van der Waals surface area contributed by atoms with Gasteiger partial charge in [-0.05, 0) is 0 Å². The fourth-order valence-electron chi connectivity index (χ4n) is 2.22. The first-order valence-corrected chi connectivity index (χ1v) is 7.77. The molecule has 0 atom stereocenters. The topological polar surface area (TPSA) is 88.1 Å². The van der Waals surface area contributed by atoms with Crippen LogP contribution in [0.25, 0.3) is 0 Å². The van der Waals surface area contributed by atoms with Crippen LogP contribution in [0.1, 0.15) is 17.0 Å². The van der Waals surface area contributed by atoms with E-state index in [1.165, 1.54) is 0 Å². The third-order valence-corrected chi connectivity index (χ3v) is 4.99. The summed E-state index contributed by atoms with van der Waals surface area (Å²) in [5, 5.41) is 20.9. The number of aryl methyl sites for hydroxylation is 1. The molecule has 6 nitrogen and oxygen atoms in total. The molecular formula is C12H16ClN3O3S. The number of nitrogens with zero attached hydrogens (tertiary/aromatic N) is 3. The van der Waals surface area contributed by atoms with Gasteiger partial charge in [0.15, 0.2) is 15.5 Å². The Labute approximate surface area is 124 Å². The van der Waals surface area contributed by atoms with Crippen LogP contribution in [0.4, 0.5) is 5.69 Å². The van der Waals surface area contributed by atoms with Crippen LogP contribution in [-0.2, 0) is 9.84 Å². The Morgan fingerprint density at radius 1 is 1.35 bits per heavy atom.